The molecular formula is C13H17BrN2O3. The summed E-state index contributed by atoms with van der Waals surface area (Å²) in [6, 6.07) is 3.33. The molecule has 0 aliphatic heterocycles. The van der Waals surface area contributed by atoms with Gasteiger partial charge in [0.15, 0.2) is 6.10 Å². The van der Waals surface area contributed by atoms with E-state index in [1.807, 2.05) is 0 Å². The lowest BCUT2D eigenvalue weighted by Gasteiger charge is -2.18. The first-order valence-electron chi connectivity index (χ1n) is 5.71. The Morgan fingerprint density at radius 2 is 1.95 bits per heavy atom. The van der Waals surface area contributed by atoms with E-state index in [4.69, 9.17) is 10.5 Å². The molecule has 1 aromatic carbocycles. The lowest BCUT2D eigenvalue weighted by Crippen LogP contribution is -2.35. The summed E-state index contributed by atoms with van der Waals surface area (Å²) in [7, 11) is 3.21. The molecule has 104 valence electrons. The standard InChI is InChI=1S/C13H17BrN2O3/c1-7-10(5-9(14)6-11(7)15)13(18)19-8(2)12(17)16(3)4/h5-6,8H,15H2,1-4H3. The van der Waals surface area contributed by atoms with Gasteiger partial charge in [-0.25, -0.2) is 4.79 Å². The smallest absolute Gasteiger partial charge is 0.339 e. The van der Waals surface area contributed by atoms with Gasteiger partial charge in [-0.1, -0.05) is 15.9 Å². The average Bonchev–Trinajstić information content (AvgIpc) is 2.32. The molecule has 0 aliphatic rings. The Bertz CT molecular complexity index is 515. The minimum absolute atomic E-state index is 0.269. The lowest BCUT2D eigenvalue weighted by molar-refractivity contribution is -0.137. The van der Waals surface area contributed by atoms with E-state index >= 15 is 0 Å². The van der Waals surface area contributed by atoms with Crippen molar-refractivity contribution in [2.45, 2.75) is 20.0 Å². The van der Waals surface area contributed by atoms with Crippen molar-refractivity contribution in [3.8, 4) is 0 Å². The van der Waals surface area contributed by atoms with Crippen molar-refractivity contribution in [2.24, 2.45) is 0 Å². The molecule has 1 aromatic rings. The Kier molecular flexibility index (Phi) is 4.94. The Morgan fingerprint density at radius 1 is 1.37 bits per heavy atom. The molecule has 0 heterocycles. The van der Waals surface area contributed by atoms with Crippen LogP contribution >= 0.6 is 15.9 Å². The predicted octanol–water partition coefficient (Wildman–Crippen LogP) is 1.97. The van der Waals surface area contributed by atoms with Gasteiger partial charge in [-0.2, -0.15) is 0 Å². The Hall–Kier alpha value is -1.56. The van der Waals surface area contributed by atoms with E-state index in [0.717, 1.165) is 0 Å². The Labute approximate surface area is 120 Å². The van der Waals surface area contributed by atoms with Gasteiger partial charge in [-0.3, -0.25) is 4.79 Å². The van der Waals surface area contributed by atoms with Gasteiger partial charge >= 0.3 is 5.97 Å². The molecule has 1 rings (SSSR count). The van der Waals surface area contributed by atoms with Crippen LogP contribution in [-0.2, 0) is 9.53 Å². The number of hydrogen-bond donors (Lipinski definition) is 1. The Morgan fingerprint density at radius 3 is 2.47 bits per heavy atom. The Balaban J connectivity index is 2.93. The van der Waals surface area contributed by atoms with Crippen LogP contribution in [0.1, 0.15) is 22.8 Å². The fourth-order valence-electron chi connectivity index (χ4n) is 1.55. The topological polar surface area (TPSA) is 72.6 Å². The zero-order chi connectivity index (χ0) is 14.7. The number of esters is 1. The summed E-state index contributed by atoms with van der Waals surface area (Å²) in [5, 5.41) is 0. The van der Waals surface area contributed by atoms with Crippen LogP contribution in [0.5, 0.6) is 0 Å². The van der Waals surface area contributed by atoms with Crippen LogP contribution in [0.2, 0.25) is 0 Å². The molecule has 0 bridgehead atoms. The summed E-state index contributed by atoms with van der Waals surface area (Å²) in [6.07, 6.45) is -0.831. The van der Waals surface area contributed by atoms with E-state index in [1.165, 1.54) is 11.8 Å². The number of rotatable bonds is 3. The van der Waals surface area contributed by atoms with Crippen LogP contribution in [0.25, 0.3) is 0 Å². The summed E-state index contributed by atoms with van der Waals surface area (Å²) in [4.78, 5) is 25.1. The van der Waals surface area contributed by atoms with Gasteiger partial charge in [0.2, 0.25) is 0 Å². The maximum atomic E-state index is 12.0. The molecule has 0 fully saturated rings. The number of likely N-dealkylation sites (N-methyl/N-ethyl adjacent to an activating group) is 1. The van der Waals surface area contributed by atoms with Crippen LogP contribution in [0, 0.1) is 6.92 Å². The van der Waals surface area contributed by atoms with Crippen molar-refractivity contribution in [3.05, 3.63) is 27.7 Å². The molecule has 6 heteroatoms. The summed E-state index contributed by atoms with van der Waals surface area (Å²) < 4.78 is 5.83. The number of carbonyl (C=O) groups is 2. The minimum atomic E-state index is -0.831. The molecule has 19 heavy (non-hydrogen) atoms. The quantitative estimate of drug-likeness (QED) is 0.680. The van der Waals surface area contributed by atoms with Crippen molar-refractivity contribution < 1.29 is 14.3 Å². The fourth-order valence-corrected chi connectivity index (χ4v) is 2.03. The van der Waals surface area contributed by atoms with Crippen LogP contribution in [0.4, 0.5) is 5.69 Å². The first kappa shape index (κ1) is 15.5. The van der Waals surface area contributed by atoms with E-state index in [-0.39, 0.29) is 5.91 Å². The van der Waals surface area contributed by atoms with Crippen molar-refractivity contribution in [1.82, 2.24) is 4.90 Å². The highest BCUT2D eigenvalue weighted by molar-refractivity contribution is 9.10. The predicted molar refractivity (Wildman–Crippen MR) is 76.9 cm³/mol. The monoisotopic (exact) mass is 328 g/mol. The molecule has 1 unspecified atom stereocenters. The molecule has 0 spiro atoms. The third-order valence-corrected chi connectivity index (χ3v) is 3.16. The molecule has 0 saturated carbocycles. The number of nitrogen functional groups attached to an aromatic ring is 1. The molecule has 1 atom stereocenters. The molecule has 2 N–H and O–H groups in total. The average molecular weight is 329 g/mol. The SMILES string of the molecule is Cc1c(N)cc(Br)cc1C(=O)OC(C)C(=O)N(C)C. The van der Waals surface area contributed by atoms with E-state index in [2.05, 4.69) is 15.9 Å². The molecule has 0 aromatic heterocycles. The van der Waals surface area contributed by atoms with Gasteiger partial charge in [0.05, 0.1) is 5.56 Å². The molecule has 0 aliphatic carbocycles. The summed E-state index contributed by atoms with van der Waals surface area (Å²) in [6.45, 7) is 3.27. The maximum absolute atomic E-state index is 12.0. The van der Waals surface area contributed by atoms with Crippen LogP contribution in [-0.4, -0.2) is 37.0 Å². The summed E-state index contributed by atoms with van der Waals surface area (Å²) in [5.74, 6) is -0.831. The molecule has 1 amide bonds. The van der Waals surface area contributed by atoms with Crippen molar-refractivity contribution in [2.75, 3.05) is 19.8 Å². The maximum Gasteiger partial charge on any atom is 0.339 e. The van der Waals surface area contributed by atoms with Gasteiger partial charge in [0.25, 0.3) is 5.91 Å². The molecule has 0 radical (unpaired) electrons. The fraction of sp³-hybridized carbons (Fsp3) is 0.385. The number of anilines is 1. The van der Waals surface area contributed by atoms with Gasteiger partial charge in [0.1, 0.15) is 0 Å². The van der Waals surface area contributed by atoms with Crippen LogP contribution in [0.15, 0.2) is 16.6 Å². The summed E-state index contributed by atoms with van der Waals surface area (Å²) in [5.41, 5.74) is 7.27. The highest BCUT2D eigenvalue weighted by atomic mass is 79.9. The van der Waals surface area contributed by atoms with Crippen molar-refractivity contribution >= 4 is 33.5 Å². The van der Waals surface area contributed by atoms with Gasteiger partial charge in [-0.05, 0) is 31.5 Å². The number of hydrogen-bond acceptors (Lipinski definition) is 4. The zero-order valence-electron chi connectivity index (χ0n) is 11.4. The third kappa shape index (κ3) is 3.70. The van der Waals surface area contributed by atoms with Crippen LogP contribution in [0.3, 0.4) is 0 Å². The van der Waals surface area contributed by atoms with Crippen molar-refractivity contribution in [1.29, 1.82) is 0 Å². The highest BCUT2D eigenvalue weighted by Crippen LogP contribution is 2.23. The van der Waals surface area contributed by atoms with E-state index < -0.39 is 12.1 Å². The number of nitrogens with two attached hydrogens (primary N) is 1. The molecular weight excluding hydrogens is 312 g/mol. The normalized spacial score (nSPS) is 11.8. The molecule has 5 nitrogen and oxygen atoms in total. The number of benzene rings is 1. The highest BCUT2D eigenvalue weighted by Gasteiger charge is 2.22. The number of carbonyl (C=O) groups excluding carboxylic acids is 2. The first-order chi connectivity index (χ1) is 8.73. The molecule has 0 saturated heterocycles. The zero-order valence-corrected chi connectivity index (χ0v) is 12.9. The second-order valence-corrected chi connectivity index (χ2v) is 5.36. The number of nitrogens with zero attached hydrogens (tertiary/aromatic N) is 1. The van der Waals surface area contributed by atoms with Gasteiger partial charge in [-0.15, -0.1) is 0 Å². The number of ether oxygens (including phenoxy) is 1. The van der Waals surface area contributed by atoms with Crippen molar-refractivity contribution in [3.63, 3.8) is 0 Å². The number of halogens is 1. The minimum Gasteiger partial charge on any atom is -0.449 e. The lowest BCUT2D eigenvalue weighted by atomic mass is 10.1. The first-order valence-corrected chi connectivity index (χ1v) is 6.51. The van der Waals surface area contributed by atoms with Crippen LogP contribution < -0.4 is 5.73 Å². The third-order valence-electron chi connectivity index (χ3n) is 2.70. The summed E-state index contributed by atoms with van der Waals surface area (Å²) >= 11 is 3.27. The van der Waals surface area contributed by atoms with E-state index in [0.29, 0.717) is 21.3 Å². The second kappa shape index (κ2) is 6.06. The van der Waals surface area contributed by atoms with E-state index in [9.17, 15) is 9.59 Å². The van der Waals surface area contributed by atoms with E-state index in [1.54, 1.807) is 33.2 Å². The van der Waals surface area contributed by atoms with Gasteiger partial charge in [0, 0.05) is 24.3 Å². The number of amides is 1. The second-order valence-electron chi connectivity index (χ2n) is 4.45. The largest absolute Gasteiger partial charge is 0.449 e. The van der Waals surface area contributed by atoms with Gasteiger partial charge < -0.3 is 15.4 Å².